The molecule has 3 rings (SSSR count). The maximum atomic E-state index is 11.7. The minimum atomic E-state index is -0.878. The summed E-state index contributed by atoms with van der Waals surface area (Å²) in [5, 5.41) is 23.1. The fourth-order valence-corrected chi connectivity index (χ4v) is 2.48. The van der Waals surface area contributed by atoms with Crippen molar-refractivity contribution in [2.45, 2.75) is 24.9 Å². The van der Waals surface area contributed by atoms with Gasteiger partial charge in [-0.1, -0.05) is 30.3 Å². The highest BCUT2D eigenvalue weighted by atomic mass is 16.6. The van der Waals surface area contributed by atoms with Crippen LogP contribution in [0.1, 0.15) is 24.4 Å². The van der Waals surface area contributed by atoms with E-state index in [0.717, 1.165) is 5.56 Å². The van der Waals surface area contributed by atoms with Crippen LogP contribution in [0.2, 0.25) is 0 Å². The molecule has 0 bridgehead atoms. The van der Waals surface area contributed by atoms with Crippen molar-refractivity contribution in [1.29, 1.82) is 0 Å². The third kappa shape index (κ3) is 3.60. The minimum Gasteiger partial charge on any atom is -0.290 e. The maximum Gasteiger partial charge on any atom is 0.235 e. The van der Waals surface area contributed by atoms with Crippen LogP contribution in [0.25, 0.3) is 0 Å². The lowest BCUT2D eigenvalue weighted by Crippen LogP contribution is -2.24. The monoisotopic (exact) mass is 325 g/mol. The summed E-state index contributed by atoms with van der Waals surface area (Å²) in [6.45, 7) is 0. The topological polar surface area (TPSA) is 109 Å². The standard InChI is InChI=1S/C16H15N5O3/c22-15-7-6-13(21(23)24)8-12(15)10-17-19-16-9-14(18-20-16)11-4-2-1-3-5-11/h1-7,10,13-14,17H,8-9H2/b12-10?,19-16-/t13-,14-/m0/s1. The second-order valence-electron chi connectivity index (χ2n) is 5.45. The first-order valence-electron chi connectivity index (χ1n) is 7.46. The lowest BCUT2D eigenvalue weighted by molar-refractivity contribution is -0.508. The van der Waals surface area contributed by atoms with Gasteiger partial charge in [0, 0.05) is 29.5 Å². The third-order valence-corrected chi connectivity index (χ3v) is 3.79. The van der Waals surface area contributed by atoms with Crippen LogP contribution in [0.5, 0.6) is 0 Å². The predicted molar refractivity (Wildman–Crippen MR) is 86.9 cm³/mol. The second kappa shape index (κ2) is 6.95. The van der Waals surface area contributed by atoms with E-state index in [-0.39, 0.29) is 18.2 Å². The SMILES string of the molecule is O=C1C=C[C@H]([N+](=O)[O-])CC1=CN/N=C1/C[C@@H](c2ccccc2)N=N1. The number of hydrazone groups is 1. The number of carbonyl (C=O) groups excluding carboxylic acids is 1. The number of benzene rings is 1. The highest BCUT2D eigenvalue weighted by Crippen LogP contribution is 2.27. The van der Waals surface area contributed by atoms with Gasteiger partial charge in [0.2, 0.25) is 6.04 Å². The molecule has 8 heteroatoms. The molecule has 1 aliphatic heterocycles. The average molecular weight is 325 g/mol. The van der Waals surface area contributed by atoms with Crippen molar-refractivity contribution in [3.8, 4) is 0 Å². The van der Waals surface area contributed by atoms with E-state index in [1.54, 1.807) is 0 Å². The number of hydrogen-bond donors (Lipinski definition) is 1. The molecule has 2 atom stereocenters. The molecule has 1 heterocycles. The van der Waals surface area contributed by atoms with Crippen LogP contribution in [-0.2, 0) is 4.79 Å². The second-order valence-corrected chi connectivity index (χ2v) is 5.45. The molecule has 0 amide bonds. The lowest BCUT2D eigenvalue weighted by atomic mass is 9.97. The Hall–Kier alpha value is -3.16. The van der Waals surface area contributed by atoms with Gasteiger partial charge in [0.05, 0.1) is 0 Å². The zero-order chi connectivity index (χ0) is 16.9. The molecular formula is C16H15N5O3. The first-order valence-corrected chi connectivity index (χ1v) is 7.46. The number of nitro groups is 1. The van der Waals surface area contributed by atoms with Gasteiger partial charge in [0.1, 0.15) is 6.04 Å². The zero-order valence-corrected chi connectivity index (χ0v) is 12.7. The molecule has 8 nitrogen and oxygen atoms in total. The molecule has 0 unspecified atom stereocenters. The van der Waals surface area contributed by atoms with Crippen molar-refractivity contribution in [3.63, 3.8) is 0 Å². The molecule has 0 aromatic heterocycles. The van der Waals surface area contributed by atoms with E-state index in [2.05, 4.69) is 20.8 Å². The molecule has 0 saturated carbocycles. The number of nitrogens with one attached hydrogen (secondary N) is 1. The predicted octanol–water partition coefficient (Wildman–Crippen LogP) is 2.54. The van der Waals surface area contributed by atoms with Crippen LogP contribution >= 0.6 is 0 Å². The normalized spacial score (nSPS) is 26.2. The average Bonchev–Trinajstić information content (AvgIpc) is 3.06. The van der Waals surface area contributed by atoms with Crippen molar-refractivity contribution in [3.05, 3.63) is 69.9 Å². The van der Waals surface area contributed by atoms with Gasteiger partial charge in [-0.15, -0.1) is 5.11 Å². The molecule has 1 N–H and O–H groups in total. The molecular weight excluding hydrogens is 310 g/mol. The van der Waals surface area contributed by atoms with Crippen LogP contribution in [0.15, 0.2) is 69.6 Å². The Morgan fingerprint density at radius 3 is 2.83 bits per heavy atom. The van der Waals surface area contributed by atoms with Gasteiger partial charge >= 0.3 is 0 Å². The first-order chi connectivity index (χ1) is 11.6. The van der Waals surface area contributed by atoms with Crippen LogP contribution in [0.4, 0.5) is 0 Å². The molecule has 0 fully saturated rings. The Morgan fingerprint density at radius 2 is 2.08 bits per heavy atom. The lowest BCUT2D eigenvalue weighted by Gasteiger charge is -2.11. The Bertz CT molecular complexity index is 767. The van der Waals surface area contributed by atoms with E-state index in [1.807, 2.05) is 30.3 Å². The van der Waals surface area contributed by atoms with Crippen LogP contribution in [0, 0.1) is 10.1 Å². The number of hydrogen-bond acceptors (Lipinski definition) is 6. The van der Waals surface area contributed by atoms with Gasteiger partial charge in [-0.25, -0.2) is 0 Å². The number of rotatable bonds is 4. The molecule has 0 saturated heterocycles. The van der Waals surface area contributed by atoms with Gasteiger partial charge < -0.3 is 0 Å². The van der Waals surface area contributed by atoms with Crippen LogP contribution in [0.3, 0.4) is 0 Å². The van der Waals surface area contributed by atoms with Gasteiger partial charge in [0.15, 0.2) is 11.6 Å². The van der Waals surface area contributed by atoms with E-state index in [1.165, 1.54) is 18.4 Å². The summed E-state index contributed by atoms with van der Waals surface area (Å²) in [6.07, 6.45) is 4.53. The number of carbonyl (C=O) groups is 1. The Labute approximate surface area is 137 Å². The third-order valence-electron chi connectivity index (χ3n) is 3.79. The van der Waals surface area contributed by atoms with E-state index >= 15 is 0 Å². The smallest absolute Gasteiger partial charge is 0.235 e. The molecule has 1 aromatic rings. The van der Waals surface area contributed by atoms with E-state index < -0.39 is 11.0 Å². The summed E-state index contributed by atoms with van der Waals surface area (Å²) < 4.78 is 0. The maximum absolute atomic E-state index is 11.7. The van der Waals surface area contributed by atoms with Gasteiger partial charge in [-0.05, 0) is 17.7 Å². The largest absolute Gasteiger partial charge is 0.290 e. The minimum absolute atomic E-state index is 0.0499. The zero-order valence-electron chi connectivity index (χ0n) is 12.7. The molecule has 1 aliphatic carbocycles. The van der Waals surface area contributed by atoms with Crippen LogP contribution in [-0.4, -0.2) is 22.6 Å². The Kier molecular flexibility index (Phi) is 4.55. The summed E-state index contributed by atoms with van der Waals surface area (Å²) in [6, 6.07) is 8.84. The summed E-state index contributed by atoms with van der Waals surface area (Å²) in [7, 11) is 0. The van der Waals surface area contributed by atoms with Crippen molar-refractivity contribution in [2.75, 3.05) is 0 Å². The van der Waals surface area contributed by atoms with E-state index in [4.69, 9.17) is 0 Å². The summed E-state index contributed by atoms with van der Waals surface area (Å²) in [4.78, 5) is 22.1. The molecule has 122 valence electrons. The quantitative estimate of drug-likeness (QED) is 0.521. The summed E-state index contributed by atoms with van der Waals surface area (Å²) in [5.41, 5.74) is 4.03. The van der Waals surface area contributed by atoms with Gasteiger partial charge in [-0.3, -0.25) is 20.3 Å². The number of azo groups is 1. The summed E-state index contributed by atoms with van der Waals surface area (Å²) in [5.74, 6) is 0.265. The molecule has 0 radical (unpaired) electrons. The van der Waals surface area contributed by atoms with E-state index in [0.29, 0.717) is 17.8 Å². The number of nitrogens with zero attached hydrogens (tertiary/aromatic N) is 4. The van der Waals surface area contributed by atoms with Gasteiger partial charge in [-0.2, -0.15) is 10.2 Å². The van der Waals surface area contributed by atoms with Gasteiger partial charge in [0.25, 0.3) is 0 Å². The summed E-state index contributed by atoms with van der Waals surface area (Å²) >= 11 is 0. The van der Waals surface area contributed by atoms with Crippen LogP contribution < -0.4 is 5.43 Å². The fourth-order valence-electron chi connectivity index (χ4n) is 2.48. The molecule has 1 aromatic carbocycles. The fraction of sp³-hybridized carbons (Fsp3) is 0.250. The Balaban J connectivity index is 1.61. The number of amidine groups is 1. The molecule has 0 spiro atoms. The molecule has 24 heavy (non-hydrogen) atoms. The number of ketones is 1. The highest BCUT2D eigenvalue weighted by Gasteiger charge is 2.26. The highest BCUT2D eigenvalue weighted by molar-refractivity contribution is 6.04. The van der Waals surface area contributed by atoms with Crippen molar-refractivity contribution in [1.82, 2.24) is 5.43 Å². The van der Waals surface area contributed by atoms with Crippen molar-refractivity contribution >= 4 is 11.6 Å². The molecule has 2 aliphatic rings. The number of allylic oxidation sites excluding steroid dienone is 1. The van der Waals surface area contributed by atoms with Crippen molar-refractivity contribution < 1.29 is 9.72 Å². The van der Waals surface area contributed by atoms with Crippen molar-refractivity contribution in [2.24, 2.45) is 15.3 Å². The van der Waals surface area contributed by atoms with E-state index in [9.17, 15) is 14.9 Å². The Morgan fingerprint density at radius 1 is 1.29 bits per heavy atom. The first kappa shape index (κ1) is 15.7.